The van der Waals surface area contributed by atoms with E-state index in [9.17, 15) is 9.59 Å². The molecule has 0 aromatic heterocycles. The molecular formula is C18H36IN5O3. The topological polar surface area (TPSA) is 86.3 Å². The summed E-state index contributed by atoms with van der Waals surface area (Å²) in [4.78, 5) is 31.6. The van der Waals surface area contributed by atoms with Gasteiger partial charge in [0.15, 0.2) is 5.96 Å². The average molecular weight is 497 g/mol. The first-order valence-corrected chi connectivity index (χ1v) is 9.21. The highest BCUT2D eigenvalue weighted by molar-refractivity contribution is 14.0. The molecule has 1 atom stereocenters. The lowest BCUT2D eigenvalue weighted by Gasteiger charge is -2.24. The molecule has 1 rings (SSSR count). The minimum atomic E-state index is -0.499. The lowest BCUT2D eigenvalue weighted by atomic mass is 10.2. The number of likely N-dealkylation sites (tertiary alicyclic amines) is 1. The number of hydrogen-bond donors (Lipinski definition) is 2. The lowest BCUT2D eigenvalue weighted by Crippen LogP contribution is -2.46. The van der Waals surface area contributed by atoms with Gasteiger partial charge in [0.05, 0.1) is 0 Å². The summed E-state index contributed by atoms with van der Waals surface area (Å²) in [5.74, 6) is 0.996. The average Bonchev–Trinajstić information content (AvgIpc) is 2.96. The summed E-state index contributed by atoms with van der Waals surface area (Å²) in [7, 11) is 3.42. The third-order valence-electron chi connectivity index (χ3n) is 3.73. The predicted molar refractivity (Wildman–Crippen MR) is 119 cm³/mol. The minimum absolute atomic E-state index is 0. The number of amides is 2. The highest BCUT2D eigenvalue weighted by Crippen LogP contribution is 2.15. The van der Waals surface area contributed by atoms with Crippen LogP contribution in [0.1, 0.15) is 41.0 Å². The fourth-order valence-corrected chi connectivity index (χ4v) is 2.31. The Labute approximate surface area is 180 Å². The molecule has 0 aliphatic carbocycles. The first-order valence-electron chi connectivity index (χ1n) is 9.21. The van der Waals surface area contributed by atoms with Crippen molar-refractivity contribution < 1.29 is 14.3 Å². The number of rotatable bonds is 5. The Balaban J connectivity index is 0.00000676. The SMILES string of the molecule is CC(C)CNC(=NCC(=O)N(C)C)NC1CCN(C(=O)OC(C)(C)C)C1.I. The Kier molecular flexibility index (Phi) is 11.0. The molecule has 1 aliphatic heterocycles. The van der Waals surface area contributed by atoms with Crippen LogP contribution in [0.3, 0.4) is 0 Å². The van der Waals surface area contributed by atoms with Gasteiger partial charge < -0.3 is 25.2 Å². The van der Waals surface area contributed by atoms with Gasteiger partial charge in [0.1, 0.15) is 12.1 Å². The van der Waals surface area contributed by atoms with Gasteiger partial charge in [0.2, 0.25) is 5.91 Å². The monoisotopic (exact) mass is 497 g/mol. The van der Waals surface area contributed by atoms with Crippen molar-refractivity contribution in [3.05, 3.63) is 0 Å². The largest absolute Gasteiger partial charge is 0.444 e. The molecule has 2 N–H and O–H groups in total. The fourth-order valence-electron chi connectivity index (χ4n) is 2.31. The fraction of sp³-hybridized carbons (Fsp3) is 0.833. The quantitative estimate of drug-likeness (QED) is 0.344. The summed E-state index contributed by atoms with van der Waals surface area (Å²) in [5, 5.41) is 6.59. The standard InChI is InChI=1S/C18H35N5O3.HI/c1-13(2)10-19-16(20-11-15(24)22(6)7)21-14-8-9-23(12-14)17(25)26-18(3,4)5;/h13-14H,8-12H2,1-7H3,(H2,19,20,21);1H. The molecule has 0 aromatic carbocycles. The van der Waals surface area contributed by atoms with E-state index in [1.54, 1.807) is 19.0 Å². The Hall–Kier alpha value is -1.26. The van der Waals surface area contributed by atoms with Crippen LogP contribution in [0.25, 0.3) is 0 Å². The number of hydrogen-bond acceptors (Lipinski definition) is 4. The van der Waals surface area contributed by atoms with Crippen molar-refractivity contribution >= 4 is 41.9 Å². The summed E-state index contributed by atoms with van der Waals surface area (Å²) in [5.41, 5.74) is -0.499. The van der Waals surface area contributed by atoms with Gasteiger partial charge in [-0.05, 0) is 33.1 Å². The Morgan fingerprint density at radius 3 is 2.44 bits per heavy atom. The van der Waals surface area contributed by atoms with E-state index in [2.05, 4.69) is 29.5 Å². The molecule has 1 fully saturated rings. The van der Waals surface area contributed by atoms with Crippen LogP contribution in [0.2, 0.25) is 0 Å². The lowest BCUT2D eigenvalue weighted by molar-refractivity contribution is -0.127. The second kappa shape index (κ2) is 11.6. The molecule has 0 spiro atoms. The highest BCUT2D eigenvalue weighted by atomic mass is 127. The van der Waals surface area contributed by atoms with Gasteiger partial charge in [-0.1, -0.05) is 13.8 Å². The molecular weight excluding hydrogens is 461 g/mol. The zero-order valence-electron chi connectivity index (χ0n) is 17.7. The number of carbonyl (C=O) groups excluding carboxylic acids is 2. The molecule has 9 heteroatoms. The predicted octanol–water partition coefficient (Wildman–Crippen LogP) is 1.89. The third kappa shape index (κ3) is 10.6. The number of likely N-dealkylation sites (N-methyl/N-ethyl adjacent to an activating group) is 1. The van der Waals surface area contributed by atoms with Crippen LogP contribution in [-0.2, 0) is 9.53 Å². The van der Waals surface area contributed by atoms with Crippen molar-refractivity contribution in [1.82, 2.24) is 20.4 Å². The van der Waals surface area contributed by atoms with Crippen LogP contribution in [-0.4, -0.2) is 79.7 Å². The van der Waals surface area contributed by atoms with Crippen molar-refractivity contribution in [3.63, 3.8) is 0 Å². The number of nitrogens with zero attached hydrogens (tertiary/aromatic N) is 3. The summed E-state index contributed by atoms with van der Waals surface area (Å²) in [6.07, 6.45) is 0.515. The second-order valence-corrected chi connectivity index (χ2v) is 8.28. The van der Waals surface area contributed by atoms with E-state index in [0.717, 1.165) is 13.0 Å². The Morgan fingerprint density at radius 2 is 1.93 bits per heavy atom. The van der Waals surface area contributed by atoms with E-state index >= 15 is 0 Å². The van der Waals surface area contributed by atoms with Crippen LogP contribution in [0.15, 0.2) is 4.99 Å². The molecule has 1 saturated heterocycles. The summed E-state index contributed by atoms with van der Waals surface area (Å²) < 4.78 is 5.42. The Bertz CT molecular complexity index is 518. The second-order valence-electron chi connectivity index (χ2n) is 8.28. The van der Waals surface area contributed by atoms with E-state index in [0.29, 0.717) is 25.0 Å². The maximum absolute atomic E-state index is 12.2. The molecule has 158 valence electrons. The molecule has 0 saturated carbocycles. The summed E-state index contributed by atoms with van der Waals surface area (Å²) in [6.45, 7) is 11.8. The maximum Gasteiger partial charge on any atom is 0.410 e. The van der Waals surface area contributed by atoms with Crippen molar-refractivity contribution in [2.75, 3.05) is 40.3 Å². The molecule has 0 bridgehead atoms. The zero-order chi connectivity index (χ0) is 19.9. The van der Waals surface area contributed by atoms with E-state index in [-0.39, 0.29) is 48.6 Å². The highest BCUT2D eigenvalue weighted by Gasteiger charge is 2.30. The molecule has 27 heavy (non-hydrogen) atoms. The third-order valence-corrected chi connectivity index (χ3v) is 3.73. The van der Waals surface area contributed by atoms with Crippen LogP contribution in [0, 0.1) is 5.92 Å². The van der Waals surface area contributed by atoms with Gasteiger partial charge in [-0.3, -0.25) is 4.79 Å². The smallest absolute Gasteiger partial charge is 0.410 e. The van der Waals surface area contributed by atoms with Crippen molar-refractivity contribution in [2.45, 2.75) is 52.7 Å². The molecule has 1 heterocycles. The minimum Gasteiger partial charge on any atom is -0.444 e. The molecule has 0 aromatic rings. The first-order chi connectivity index (χ1) is 12.0. The van der Waals surface area contributed by atoms with Gasteiger partial charge in [-0.2, -0.15) is 0 Å². The van der Waals surface area contributed by atoms with Crippen molar-refractivity contribution in [2.24, 2.45) is 10.9 Å². The first kappa shape index (κ1) is 25.7. The number of aliphatic imine (C=N–C) groups is 1. The van der Waals surface area contributed by atoms with E-state index in [1.165, 1.54) is 4.90 Å². The van der Waals surface area contributed by atoms with Crippen LogP contribution < -0.4 is 10.6 Å². The normalized spacial score (nSPS) is 17.4. The Morgan fingerprint density at radius 1 is 1.30 bits per heavy atom. The number of ether oxygens (including phenoxy) is 1. The number of halogens is 1. The summed E-state index contributed by atoms with van der Waals surface area (Å²) >= 11 is 0. The number of nitrogens with one attached hydrogen (secondary N) is 2. The molecule has 0 radical (unpaired) electrons. The van der Waals surface area contributed by atoms with E-state index in [1.807, 2.05) is 20.8 Å². The molecule has 1 aliphatic rings. The molecule has 1 unspecified atom stereocenters. The maximum atomic E-state index is 12.2. The van der Waals surface area contributed by atoms with Gasteiger partial charge in [-0.15, -0.1) is 24.0 Å². The van der Waals surface area contributed by atoms with Gasteiger partial charge >= 0.3 is 6.09 Å². The van der Waals surface area contributed by atoms with Crippen molar-refractivity contribution in [3.8, 4) is 0 Å². The van der Waals surface area contributed by atoms with Crippen LogP contribution >= 0.6 is 24.0 Å². The number of guanidine groups is 1. The number of carbonyl (C=O) groups is 2. The summed E-state index contributed by atoms with van der Waals surface area (Å²) in [6, 6.07) is 0.0791. The van der Waals surface area contributed by atoms with E-state index < -0.39 is 5.60 Å². The van der Waals surface area contributed by atoms with Crippen molar-refractivity contribution in [1.29, 1.82) is 0 Å². The van der Waals surface area contributed by atoms with Gasteiger partial charge in [0.25, 0.3) is 0 Å². The van der Waals surface area contributed by atoms with E-state index in [4.69, 9.17) is 4.74 Å². The van der Waals surface area contributed by atoms with Crippen LogP contribution in [0.5, 0.6) is 0 Å². The van der Waals surface area contributed by atoms with Gasteiger partial charge in [0, 0.05) is 39.8 Å². The van der Waals surface area contributed by atoms with Crippen LogP contribution in [0.4, 0.5) is 4.79 Å². The molecule has 8 nitrogen and oxygen atoms in total. The zero-order valence-corrected chi connectivity index (χ0v) is 20.0. The van der Waals surface area contributed by atoms with Gasteiger partial charge in [-0.25, -0.2) is 9.79 Å². The molecule has 2 amide bonds.